The Morgan fingerprint density at radius 1 is 1.00 bits per heavy atom. The number of benzene rings is 2. The second-order valence-electron chi connectivity index (χ2n) is 6.11. The Morgan fingerprint density at radius 3 is 2.35 bits per heavy atom. The Hall–Kier alpha value is -1.97. The zero-order valence-corrected chi connectivity index (χ0v) is 13.1. The highest BCUT2D eigenvalue weighted by Crippen LogP contribution is 2.33. The summed E-state index contributed by atoms with van der Waals surface area (Å²) in [6.07, 6.45) is 1.79. The number of rotatable bonds is 5. The van der Waals surface area contributed by atoms with Crippen molar-refractivity contribution in [2.24, 2.45) is 0 Å². The van der Waals surface area contributed by atoms with E-state index in [0.29, 0.717) is 25.7 Å². The number of aliphatic hydroxyl groups excluding tert-OH is 1. The topological polar surface area (TPSA) is 46.5 Å². The van der Waals surface area contributed by atoms with E-state index in [1.165, 1.54) is 0 Å². The quantitative estimate of drug-likeness (QED) is 0.851. The minimum atomic E-state index is -0.370. The maximum Gasteiger partial charge on any atom is 0.162 e. The van der Waals surface area contributed by atoms with E-state index >= 15 is 0 Å². The van der Waals surface area contributed by atoms with Gasteiger partial charge in [0, 0.05) is 18.4 Å². The Bertz CT molecular complexity index is 624. The lowest BCUT2D eigenvalue weighted by molar-refractivity contribution is -0.0997. The molecule has 0 unspecified atom stereocenters. The fourth-order valence-corrected chi connectivity index (χ4v) is 3.12. The fourth-order valence-electron chi connectivity index (χ4n) is 3.12. The molecule has 1 saturated heterocycles. The third kappa shape index (κ3) is 4.27. The minimum Gasteiger partial charge on any atom is -0.393 e. The van der Waals surface area contributed by atoms with Crippen LogP contribution in [0.3, 0.4) is 0 Å². The fraction of sp³-hybridized carbons (Fsp3) is 0.350. The predicted octanol–water partition coefficient (Wildman–Crippen LogP) is 3.93. The van der Waals surface area contributed by atoms with Gasteiger partial charge in [-0.15, -0.1) is 0 Å². The van der Waals surface area contributed by atoms with Crippen molar-refractivity contribution in [1.82, 2.24) is 0 Å². The molecule has 0 bridgehead atoms. The molecule has 3 nitrogen and oxygen atoms in total. The van der Waals surface area contributed by atoms with Crippen LogP contribution in [0.4, 0.5) is 0 Å². The van der Waals surface area contributed by atoms with E-state index in [2.05, 4.69) is 0 Å². The molecule has 3 rings (SSSR count). The monoisotopic (exact) mass is 310 g/mol. The van der Waals surface area contributed by atoms with E-state index in [1.807, 2.05) is 60.7 Å². The summed E-state index contributed by atoms with van der Waals surface area (Å²) in [5.74, 6) is 0.130. The highest BCUT2D eigenvalue weighted by atomic mass is 16.5. The lowest BCUT2D eigenvalue weighted by Gasteiger charge is -2.33. The van der Waals surface area contributed by atoms with E-state index < -0.39 is 0 Å². The molecular formula is C20H22O3. The van der Waals surface area contributed by atoms with Crippen LogP contribution in [0.2, 0.25) is 0 Å². The summed E-state index contributed by atoms with van der Waals surface area (Å²) in [7, 11) is 0. The van der Waals surface area contributed by atoms with Gasteiger partial charge in [-0.1, -0.05) is 60.7 Å². The van der Waals surface area contributed by atoms with Crippen molar-refractivity contribution in [2.45, 2.75) is 44.0 Å². The molecule has 0 spiro atoms. The normalized spacial score (nSPS) is 24.3. The summed E-state index contributed by atoms with van der Waals surface area (Å²) in [4.78, 5) is 12.2. The molecule has 1 fully saturated rings. The van der Waals surface area contributed by atoms with Gasteiger partial charge in [-0.3, -0.25) is 4.79 Å². The Balaban J connectivity index is 1.58. The van der Waals surface area contributed by atoms with Gasteiger partial charge in [0.2, 0.25) is 0 Å². The maximum absolute atomic E-state index is 12.2. The van der Waals surface area contributed by atoms with Gasteiger partial charge in [-0.05, 0) is 18.4 Å². The molecule has 23 heavy (non-hydrogen) atoms. The lowest BCUT2D eigenvalue weighted by atomic mass is 9.93. The van der Waals surface area contributed by atoms with E-state index in [9.17, 15) is 9.90 Å². The first kappa shape index (κ1) is 15.9. The molecule has 1 N–H and O–H groups in total. The maximum atomic E-state index is 12.2. The first-order valence-corrected chi connectivity index (χ1v) is 8.19. The number of Topliss-reactive ketones (excluding diaryl/α,β-unsaturated/α-hetero) is 1. The summed E-state index contributed by atoms with van der Waals surface area (Å²) in [6.45, 7) is 0. The van der Waals surface area contributed by atoms with Crippen LogP contribution in [-0.4, -0.2) is 23.1 Å². The molecule has 0 aromatic heterocycles. The van der Waals surface area contributed by atoms with Crippen molar-refractivity contribution in [1.29, 1.82) is 0 Å². The van der Waals surface area contributed by atoms with E-state index in [0.717, 1.165) is 11.1 Å². The number of ketones is 1. The molecule has 0 aliphatic carbocycles. The summed E-state index contributed by atoms with van der Waals surface area (Å²) < 4.78 is 6.12. The third-order valence-electron chi connectivity index (χ3n) is 4.34. The molecule has 3 atom stereocenters. The molecule has 0 amide bonds. The van der Waals surface area contributed by atoms with Crippen LogP contribution in [0, 0.1) is 0 Å². The zero-order valence-electron chi connectivity index (χ0n) is 13.1. The van der Waals surface area contributed by atoms with Gasteiger partial charge in [0.05, 0.1) is 18.3 Å². The third-order valence-corrected chi connectivity index (χ3v) is 4.34. The molecule has 2 aromatic carbocycles. The van der Waals surface area contributed by atoms with Gasteiger partial charge in [0.15, 0.2) is 5.78 Å². The van der Waals surface area contributed by atoms with E-state index in [4.69, 9.17) is 4.74 Å². The van der Waals surface area contributed by atoms with Gasteiger partial charge in [0.1, 0.15) is 0 Å². The number of aliphatic hydroxyl groups is 1. The van der Waals surface area contributed by atoms with Crippen LogP contribution >= 0.6 is 0 Å². The summed E-state index contributed by atoms with van der Waals surface area (Å²) in [6, 6.07) is 19.3. The first-order valence-electron chi connectivity index (χ1n) is 8.19. The van der Waals surface area contributed by atoms with Gasteiger partial charge in [0.25, 0.3) is 0 Å². The average Bonchev–Trinajstić information content (AvgIpc) is 2.61. The second kappa shape index (κ2) is 7.53. The van der Waals surface area contributed by atoms with Crippen molar-refractivity contribution in [3.8, 4) is 0 Å². The van der Waals surface area contributed by atoms with Crippen molar-refractivity contribution in [3.63, 3.8) is 0 Å². The van der Waals surface area contributed by atoms with Crippen molar-refractivity contribution >= 4 is 5.78 Å². The number of hydrogen-bond acceptors (Lipinski definition) is 3. The number of hydrogen-bond donors (Lipinski definition) is 1. The first-order chi connectivity index (χ1) is 11.2. The lowest BCUT2D eigenvalue weighted by Crippen LogP contribution is -2.31. The molecule has 120 valence electrons. The van der Waals surface area contributed by atoms with Crippen LogP contribution in [0.25, 0.3) is 0 Å². The standard InChI is InChI=1S/C20H22O3/c21-17-13-18(11-12-19(22)15-7-3-1-4-8-15)23-20(14-17)16-9-5-2-6-10-16/h1-10,17-18,20-21H,11-14H2/t17-,18-,20-/m1/s1. The zero-order chi connectivity index (χ0) is 16.1. The van der Waals surface area contributed by atoms with Gasteiger partial charge >= 0.3 is 0 Å². The average molecular weight is 310 g/mol. The Kier molecular flexibility index (Phi) is 5.21. The molecule has 1 heterocycles. The largest absolute Gasteiger partial charge is 0.393 e. The highest BCUT2D eigenvalue weighted by Gasteiger charge is 2.29. The van der Waals surface area contributed by atoms with Gasteiger partial charge in [-0.25, -0.2) is 0 Å². The van der Waals surface area contributed by atoms with Gasteiger partial charge in [-0.2, -0.15) is 0 Å². The smallest absolute Gasteiger partial charge is 0.162 e. The summed E-state index contributed by atoms with van der Waals surface area (Å²) in [5, 5.41) is 10.1. The highest BCUT2D eigenvalue weighted by molar-refractivity contribution is 5.95. The summed E-state index contributed by atoms with van der Waals surface area (Å²) >= 11 is 0. The van der Waals surface area contributed by atoms with Crippen LogP contribution < -0.4 is 0 Å². The predicted molar refractivity (Wildman–Crippen MR) is 89.3 cm³/mol. The van der Waals surface area contributed by atoms with Crippen LogP contribution in [-0.2, 0) is 4.74 Å². The number of carbonyl (C=O) groups excluding carboxylic acids is 1. The Morgan fingerprint density at radius 2 is 1.65 bits per heavy atom. The molecule has 0 radical (unpaired) electrons. The Labute approximate surface area is 136 Å². The summed E-state index contributed by atoms with van der Waals surface area (Å²) in [5.41, 5.74) is 1.83. The van der Waals surface area contributed by atoms with Gasteiger partial charge < -0.3 is 9.84 Å². The van der Waals surface area contributed by atoms with Crippen molar-refractivity contribution in [2.75, 3.05) is 0 Å². The minimum absolute atomic E-state index is 0.0726. The SMILES string of the molecule is O=C(CC[C@@H]1C[C@@H](O)C[C@H](c2ccccc2)O1)c1ccccc1. The number of ether oxygens (including phenoxy) is 1. The van der Waals surface area contributed by atoms with Crippen LogP contribution in [0.15, 0.2) is 60.7 Å². The molecule has 1 aliphatic rings. The van der Waals surface area contributed by atoms with Crippen molar-refractivity contribution in [3.05, 3.63) is 71.8 Å². The van der Waals surface area contributed by atoms with Crippen molar-refractivity contribution < 1.29 is 14.6 Å². The molecular weight excluding hydrogens is 288 g/mol. The molecule has 1 aliphatic heterocycles. The second-order valence-corrected chi connectivity index (χ2v) is 6.11. The molecule has 3 heteroatoms. The van der Waals surface area contributed by atoms with E-state index in [-0.39, 0.29) is 24.1 Å². The molecule has 0 saturated carbocycles. The van der Waals surface area contributed by atoms with Crippen LogP contribution in [0.5, 0.6) is 0 Å². The molecule has 2 aromatic rings. The van der Waals surface area contributed by atoms with Crippen LogP contribution in [0.1, 0.15) is 47.7 Å². The number of carbonyl (C=O) groups is 1. The van der Waals surface area contributed by atoms with E-state index in [1.54, 1.807) is 0 Å².